The van der Waals surface area contributed by atoms with Gasteiger partial charge in [-0.3, -0.25) is 4.79 Å². The Hall–Kier alpha value is -3.31. The smallest absolute Gasteiger partial charge is 0.257 e. The minimum Gasteiger partial charge on any atom is -0.505 e. The molecular weight excluding hydrogens is 470 g/mol. The van der Waals surface area contributed by atoms with E-state index in [0.717, 1.165) is 11.7 Å². The minimum absolute atomic E-state index is 0.0552. The molecule has 0 bridgehead atoms. The van der Waals surface area contributed by atoms with Crippen LogP contribution in [-0.4, -0.2) is 48.7 Å². The number of carbonyl (C=O) groups is 1. The van der Waals surface area contributed by atoms with Gasteiger partial charge in [0.25, 0.3) is 5.91 Å². The molecule has 34 heavy (non-hydrogen) atoms. The number of fused-ring (bicyclic) bond motifs is 1. The van der Waals surface area contributed by atoms with Crippen LogP contribution in [-0.2, 0) is 0 Å². The van der Waals surface area contributed by atoms with Crippen LogP contribution >= 0.6 is 23.1 Å². The molecule has 4 aromatic rings. The van der Waals surface area contributed by atoms with Gasteiger partial charge in [0.1, 0.15) is 0 Å². The lowest BCUT2D eigenvalue weighted by Gasteiger charge is -2.31. The van der Waals surface area contributed by atoms with E-state index in [9.17, 15) is 9.90 Å². The molecule has 9 nitrogen and oxygen atoms in total. The highest BCUT2D eigenvalue weighted by molar-refractivity contribution is 7.12. The maximum atomic E-state index is 12.5. The topological polar surface area (TPSA) is 116 Å². The summed E-state index contributed by atoms with van der Waals surface area (Å²) in [6, 6.07) is 9.13. The van der Waals surface area contributed by atoms with Crippen LogP contribution in [0.5, 0.6) is 5.75 Å². The lowest BCUT2D eigenvalue weighted by Crippen LogP contribution is -2.26. The van der Waals surface area contributed by atoms with Crippen molar-refractivity contribution < 1.29 is 9.90 Å². The highest BCUT2D eigenvalue weighted by atomic mass is 32.1. The Balaban J connectivity index is 1.77. The largest absolute Gasteiger partial charge is 0.505 e. The average molecular weight is 498 g/mol. The Bertz CT molecular complexity index is 1340. The monoisotopic (exact) mass is 497 g/mol. The molecule has 1 atom stereocenters. The molecule has 178 valence electrons. The standard InChI is InChI=1S/C23H27N7O2S2/c1-12-10-11-15(33-12)17(23(2,3)4)25-19-18(26-20-21(27-19)29-34-28-20)24-14-9-7-8-13(16(14)31)22(32)30(5)6/h7-11,17,31H,1-6H3,(H,24,26,28)(H,25,27,29)/t17-/m0/s1. The van der Waals surface area contributed by atoms with Crippen molar-refractivity contribution in [1.82, 2.24) is 23.6 Å². The van der Waals surface area contributed by atoms with Crippen molar-refractivity contribution in [3.63, 3.8) is 0 Å². The molecule has 3 aromatic heterocycles. The van der Waals surface area contributed by atoms with Crippen molar-refractivity contribution in [2.75, 3.05) is 24.7 Å². The predicted molar refractivity (Wildman–Crippen MR) is 137 cm³/mol. The summed E-state index contributed by atoms with van der Waals surface area (Å²) in [6.07, 6.45) is 0. The number of thiophene rings is 1. The molecule has 0 aliphatic heterocycles. The number of aryl methyl sites for hydroxylation is 1. The van der Waals surface area contributed by atoms with E-state index in [1.807, 2.05) is 0 Å². The molecule has 3 heterocycles. The van der Waals surface area contributed by atoms with Crippen molar-refractivity contribution >= 4 is 57.6 Å². The lowest BCUT2D eigenvalue weighted by molar-refractivity contribution is 0.0824. The van der Waals surface area contributed by atoms with E-state index in [1.165, 1.54) is 14.7 Å². The molecule has 0 fully saturated rings. The average Bonchev–Trinajstić information content (AvgIpc) is 3.40. The van der Waals surface area contributed by atoms with Gasteiger partial charge in [-0.1, -0.05) is 26.8 Å². The third-order valence-electron chi connectivity index (χ3n) is 5.23. The Kier molecular flexibility index (Phi) is 6.41. The molecule has 4 rings (SSSR count). The number of carbonyl (C=O) groups excluding carboxylic acids is 1. The summed E-state index contributed by atoms with van der Waals surface area (Å²) in [5, 5.41) is 17.5. The first kappa shape index (κ1) is 23.8. The molecular formula is C23H27N7O2S2. The van der Waals surface area contributed by atoms with Gasteiger partial charge in [0, 0.05) is 23.8 Å². The van der Waals surface area contributed by atoms with Gasteiger partial charge in [0.05, 0.1) is 29.0 Å². The van der Waals surface area contributed by atoms with Crippen LogP contribution in [0, 0.1) is 12.3 Å². The molecule has 11 heteroatoms. The lowest BCUT2D eigenvalue weighted by atomic mass is 9.86. The Morgan fingerprint density at radius 2 is 1.74 bits per heavy atom. The van der Waals surface area contributed by atoms with Gasteiger partial charge in [-0.15, -0.1) is 11.3 Å². The van der Waals surface area contributed by atoms with Gasteiger partial charge >= 0.3 is 0 Å². The number of amides is 1. The van der Waals surface area contributed by atoms with Crippen LogP contribution in [0.25, 0.3) is 11.3 Å². The van der Waals surface area contributed by atoms with E-state index in [0.29, 0.717) is 28.6 Å². The second-order valence-corrected chi connectivity index (χ2v) is 11.1. The maximum Gasteiger partial charge on any atom is 0.257 e. The van der Waals surface area contributed by atoms with Crippen LogP contribution in [0.1, 0.15) is 46.9 Å². The predicted octanol–water partition coefficient (Wildman–Crippen LogP) is 5.20. The molecule has 0 saturated heterocycles. The van der Waals surface area contributed by atoms with Crippen LogP contribution in [0.4, 0.5) is 17.3 Å². The van der Waals surface area contributed by atoms with Crippen molar-refractivity contribution in [2.45, 2.75) is 33.7 Å². The first-order valence-corrected chi connectivity index (χ1v) is 12.2. The van der Waals surface area contributed by atoms with E-state index in [4.69, 9.17) is 0 Å². The van der Waals surface area contributed by atoms with E-state index in [-0.39, 0.29) is 28.7 Å². The summed E-state index contributed by atoms with van der Waals surface area (Å²) in [5.74, 6) is 0.402. The van der Waals surface area contributed by atoms with Crippen LogP contribution in [0.3, 0.4) is 0 Å². The van der Waals surface area contributed by atoms with Crippen molar-refractivity contribution in [3.8, 4) is 5.75 Å². The maximum absolute atomic E-state index is 12.5. The molecule has 0 radical (unpaired) electrons. The number of anilines is 3. The van der Waals surface area contributed by atoms with Gasteiger partial charge in [0.2, 0.25) is 11.3 Å². The SMILES string of the molecule is Cc1ccc([C@H](Nc2nc3nsnc3nc2Nc2cccc(C(=O)N(C)C)c2O)C(C)(C)C)s1. The summed E-state index contributed by atoms with van der Waals surface area (Å²) >= 11 is 2.76. The second-order valence-electron chi connectivity index (χ2n) is 9.25. The Labute approximate surface area is 206 Å². The van der Waals surface area contributed by atoms with Crippen molar-refractivity contribution in [2.24, 2.45) is 5.41 Å². The fourth-order valence-corrected chi connectivity index (χ4v) is 5.09. The summed E-state index contributed by atoms with van der Waals surface area (Å²) < 4.78 is 8.45. The first-order valence-electron chi connectivity index (χ1n) is 10.7. The fourth-order valence-electron chi connectivity index (χ4n) is 3.47. The minimum atomic E-state index is -0.300. The quantitative estimate of drug-likeness (QED) is 0.311. The molecule has 0 spiro atoms. The fraction of sp³-hybridized carbons (Fsp3) is 0.348. The zero-order chi connectivity index (χ0) is 24.6. The summed E-state index contributed by atoms with van der Waals surface area (Å²) in [5.41, 5.74) is 1.24. The number of aromatic nitrogens is 4. The summed E-state index contributed by atoms with van der Waals surface area (Å²) in [6.45, 7) is 8.56. The summed E-state index contributed by atoms with van der Waals surface area (Å²) in [4.78, 5) is 25.6. The van der Waals surface area contributed by atoms with Crippen LogP contribution in [0.2, 0.25) is 0 Å². The number of hydrogen-bond acceptors (Lipinski definition) is 10. The van der Waals surface area contributed by atoms with E-state index in [1.54, 1.807) is 43.6 Å². The number of para-hydroxylation sites is 1. The number of nitrogens with zero attached hydrogens (tertiary/aromatic N) is 5. The zero-order valence-electron chi connectivity index (χ0n) is 19.9. The van der Waals surface area contributed by atoms with Gasteiger partial charge in [-0.2, -0.15) is 8.75 Å². The van der Waals surface area contributed by atoms with E-state index >= 15 is 0 Å². The van der Waals surface area contributed by atoms with Gasteiger partial charge in [0.15, 0.2) is 17.4 Å². The molecule has 0 aliphatic carbocycles. The Morgan fingerprint density at radius 1 is 1.06 bits per heavy atom. The van der Waals surface area contributed by atoms with E-state index < -0.39 is 0 Å². The number of phenolic OH excluding ortho intramolecular Hbond substituents is 1. The third kappa shape index (κ3) is 4.80. The summed E-state index contributed by atoms with van der Waals surface area (Å²) in [7, 11) is 3.27. The van der Waals surface area contributed by atoms with Gasteiger partial charge < -0.3 is 20.6 Å². The van der Waals surface area contributed by atoms with Crippen molar-refractivity contribution in [1.29, 1.82) is 0 Å². The number of rotatable bonds is 6. The van der Waals surface area contributed by atoms with Crippen LogP contribution in [0.15, 0.2) is 30.3 Å². The molecule has 1 aromatic carbocycles. The number of hydrogen-bond donors (Lipinski definition) is 3. The van der Waals surface area contributed by atoms with Gasteiger partial charge in [-0.05, 0) is 36.6 Å². The number of aromatic hydroxyl groups is 1. The molecule has 3 N–H and O–H groups in total. The zero-order valence-corrected chi connectivity index (χ0v) is 21.5. The highest BCUT2D eigenvalue weighted by Crippen LogP contribution is 2.41. The van der Waals surface area contributed by atoms with E-state index in [2.05, 4.69) is 69.2 Å². The second kappa shape index (κ2) is 9.15. The normalized spacial score (nSPS) is 12.5. The third-order valence-corrected chi connectivity index (χ3v) is 6.81. The van der Waals surface area contributed by atoms with Crippen LogP contribution < -0.4 is 10.6 Å². The number of benzene rings is 1. The Morgan fingerprint density at radius 3 is 2.32 bits per heavy atom. The molecule has 1 amide bonds. The highest BCUT2D eigenvalue weighted by Gasteiger charge is 2.29. The molecule has 0 saturated carbocycles. The van der Waals surface area contributed by atoms with Gasteiger partial charge in [-0.25, -0.2) is 9.97 Å². The first-order chi connectivity index (χ1) is 16.0. The molecule has 0 unspecified atom stereocenters. The number of nitrogens with one attached hydrogen (secondary N) is 2. The molecule has 0 aliphatic rings. The number of phenols is 1. The van der Waals surface area contributed by atoms with Crippen molar-refractivity contribution in [3.05, 3.63) is 45.6 Å².